The number of benzene rings is 1. The molecule has 118 valence electrons. The van der Waals surface area contributed by atoms with Gasteiger partial charge < -0.3 is 10.2 Å². The maximum atomic E-state index is 13.1. The van der Waals surface area contributed by atoms with Crippen molar-refractivity contribution in [1.82, 2.24) is 15.1 Å². The molecule has 0 radical (unpaired) electrons. The summed E-state index contributed by atoms with van der Waals surface area (Å²) in [4.78, 5) is 13.9. The first-order chi connectivity index (χ1) is 10.6. The van der Waals surface area contributed by atoms with E-state index in [1.165, 1.54) is 12.1 Å². The molecule has 0 unspecified atom stereocenters. The number of rotatable bonds is 7. The van der Waals surface area contributed by atoms with Crippen molar-refractivity contribution < 1.29 is 9.18 Å². The first kappa shape index (κ1) is 16.0. The molecule has 0 saturated heterocycles. The zero-order valence-electron chi connectivity index (χ0n) is 12.9. The molecule has 0 bridgehead atoms. The number of aromatic nitrogens is 2. The van der Waals surface area contributed by atoms with E-state index >= 15 is 0 Å². The van der Waals surface area contributed by atoms with Crippen LogP contribution in [0.4, 0.5) is 10.1 Å². The Morgan fingerprint density at radius 2 is 2.27 bits per heavy atom. The standard InChI is InChI=1S/C16H21FN4O/c1-3-21-12-13(11-19-21)16(22)18-8-5-9-20(2)15-7-4-6-14(17)10-15/h4,6-7,10-12H,3,5,8-9H2,1-2H3,(H,18,22). The minimum atomic E-state index is -0.245. The Balaban J connectivity index is 1.73. The van der Waals surface area contributed by atoms with Crippen LogP contribution in [0.25, 0.3) is 0 Å². The number of nitrogens with zero attached hydrogens (tertiary/aromatic N) is 3. The molecule has 5 nitrogen and oxygen atoms in total. The Hall–Kier alpha value is -2.37. The van der Waals surface area contributed by atoms with E-state index in [0.717, 1.165) is 25.2 Å². The van der Waals surface area contributed by atoms with Crippen LogP contribution in [-0.4, -0.2) is 35.8 Å². The molecule has 1 amide bonds. The first-order valence-corrected chi connectivity index (χ1v) is 7.37. The molecule has 0 aliphatic rings. The van der Waals surface area contributed by atoms with E-state index in [1.54, 1.807) is 23.1 Å². The van der Waals surface area contributed by atoms with Crippen LogP contribution in [0.2, 0.25) is 0 Å². The molecule has 1 N–H and O–H groups in total. The number of hydrogen-bond donors (Lipinski definition) is 1. The fourth-order valence-electron chi connectivity index (χ4n) is 2.12. The number of nitrogens with one attached hydrogen (secondary N) is 1. The van der Waals surface area contributed by atoms with Crippen LogP contribution in [0.5, 0.6) is 0 Å². The number of aryl methyl sites for hydroxylation is 1. The molecule has 1 aromatic carbocycles. The van der Waals surface area contributed by atoms with E-state index in [9.17, 15) is 9.18 Å². The van der Waals surface area contributed by atoms with Gasteiger partial charge in [0.05, 0.1) is 11.8 Å². The number of anilines is 1. The molecule has 0 fully saturated rings. The zero-order chi connectivity index (χ0) is 15.9. The van der Waals surface area contributed by atoms with E-state index in [2.05, 4.69) is 10.4 Å². The van der Waals surface area contributed by atoms with Gasteiger partial charge in [-0.2, -0.15) is 5.10 Å². The predicted molar refractivity (Wildman–Crippen MR) is 84.5 cm³/mol. The lowest BCUT2D eigenvalue weighted by Gasteiger charge is -2.19. The molecule has 0 saturated carbocycles. The monoisotopic (exact) mass is 304 g/mol. The molecule has 0 atom stereocenters. The quantitative estimate of drug-likeness (QED) is 0.799. The number of hydrogen-bond acceptors (Lipinski definition) is 3. The Morgan fingerprint density at radius 1 is 1.45 bits per heavy atom. The third kappa shape index (κ3) is 4.31. The SMILES string of the molecule is CCn1cc(C(=O)NCCCN(C)c2cccc(F)c2)cn1. The minimum Gasteiger partial charge on any atom is -0.374 e. The zero-order valence-corrected chi connectivity index (χ0v) is 12.9. The van der Waals surface area contributed by atoms with Crippen LogP contribution < -0.4 is 10.2 Å². The lowest BCUT2D eigenvalue weighted by molar-refractivity contribution is 0.0953. The Kier molecular flexibility index (Phi) is 5.52. The largest absolute Gasteiger partial charge is 0.374 e. The number of halogens is 1. The maximum Gasteiger partial charge on any atom is 0.254 e. The molecule has 0 aliphatic carbocycles. The van der Waals surface area contributed by atoms with Crippen molar-refractivity contribution >= 4 is 11.6 Å². The van der Waals surface area contributed by atoms with Crippen molar-refractivity contribution in [1.29, 1.82) is 0 Å². The maximum absolute atomic E-state index is 13.1. The molecule has 1 aromatic heterocycles. The molecule has 6 heteroatoms. The van der Waals surface area contributed by atoms with E-state index in [1.807, 2.05) is 24.9 Å². The second-order valence-electron chi connectivity index (χ2n) is 5.10. The van der Waals surface area contributed by atoms with Crippen molar-refractivity contribution in [3.63, 3.8) is 0 Å². The van der Waals surface area contributed by atoms with Gasteiger partial charge >= 0.3 is 0 Å². The molecule has 1 heterocycles. The fourth-order valence-corrected chi connectivity index (χ4v) is 2.12. The molecule has 2 aromatic rings. The predicted octanol–water partition coefficient (Wildman–Crippen LogP) is 2.30. The van der Waals surface area contributed by atoms with Gasteiger partial charge in [0.2, 0.25) is 0 Å². The molecule has 22 heavy (non-hydrogen) atoms. The highest BCUT2D eigenvalue weighted by molar-refractivity contribution is 5.93. The van der Waals surface area contributed by atoms with E-state index < -0.39 is 0 Å². The first-order valence-electron chi connectivity index (χ1n) is 7.37. The van der Waals surface area contributed by atoms with Gasteiger partial charge in [0.25, 0.3) is 5.91 Å². The second kappa shape index (κ2) is 7.59. The van der Waals surface area contributed by atoms with Gasteiger partial charge in [-0.15, -0.1) is 0 Å². The smallest absolute Gasteiger partial charge is 0.254 e. The summed E-state index contributed by atoms with van der Waals surface area (Å²) in [6, 6.07) is 6.47. The molecule has 0 aliphatic heterocycles. The highest BCUT2D eigenvalue weighted by Gasteiger charge is 2.08. The Labute approximate surface area is 129 Å². The Bertz CT molecular complexity index is 626. The van der Waals surface area contributed by atoms with Gasteiger partial charge in [0.1, 0.15) is 5.82 Å². The topological polar surface area (TPSA) is 50.2 Å². The second-order valence-corrected chi connectivity index (χ2v) is 5.10. The molecular weight excluding hydrogens is 283 g/mol. The summed E-state index contributed by atoms with van der Waals surface area (Å²) in [5.41, 5.74) is 1.40. The normalized spacial score (nSPS) is 10.5. The van der Waals surface area contributed by atoms with Gasteiger partial charge in [0.15, 0.2) is 0 Å². The third-order valence-corrected chi connectivity index (χ3v) is 3.42. The van der Waals surface area contributed by atoms with E-state index in [-0.39, 0.29) is 11.7 Å². The van der Waals surface area contributed by atoms with E-state index in [4.69, 9.17) is 0 Å². The van der Waals surface area contributed by atoms with Gasteiger partial charge in [-0.25, -0.2) is 4.39 Å². The summed E-state index contributed by atoms with van der Waals surface area (Å²) >= 11 is 0. The molecule has 0 spiro atoms. The highest BCUT2D eigenvalue weighted by atomic mass is 19.1. The van der Waals surface area contributed by atoms with Crippen LogP contribution in [0.15, 0.2) is 36.7 Å². The van der Waals surface area contributed by atoms with Gasteiger partial charge in [0, 0.05) is 38.6 Å². The van der Waals surface area contributed by atoms with Crippen LogP contribution in [0.3, 0.4) is 0 Å². The van der Waals surface area contributed by atoms with Crippen LogP contribution in [0, 0.1) is 5.82 Å². The molecular formula is C16H21FN4O. The summed E-state index contributed by atoms with van der Waals surface area (Å²) in [6.45, 7) is 4.01. The average Bonchev–Trinajstić information content (AvgIpc) is 3.00. The van der Waals surface area contributed by atoms with Crippen molar-refractivity contribution in [3.05, 3.63) is 48.0 Å². The van der Waals surface area contributed by atoms with Crippen molar-refractivity contribution in [2.75, 3.05) is 25.0 Å². The van der Waals surface area contributed by atoms with Gasteiger partial charge in [-0.1, -0.05) is 6.07 Å². The lowest BCUT2D eigenvalue weighted by atomic mass is 10.2. The summed E-state index contributed by atoms with van der Waals surface area (Å²) in [5, 5.41) is 6.93. The number of carbonyl (C=O) groups is 1. The summed E-state index contributed by atoms with van der Waals surface area (Å²) in [6.07, 6.45) is 4.08. The molecule has 2 rings (SSSR count). The van der Waals surface area contributed by atoms with Crippen molar-refractivity contribution in [2.24, 2.45) is 0 Å². The van der Waals surface area contributed by atoms with Crippen LogP contribution in [0.1, 0.15) is 23.7 Å². The number of amides is 1. The summed E-state index contributed by atoms with van der Waals surface area (Å²) < 4.78 is 14.9. The van der Waals surface area contributed by atoms with Crippen molar-refractivity contribution in [3.8, 4) is 0 Å². The third-order valence-electron chi connectivity index (χ3n) is 3.42. The summed E-state index contributed by atoms with van der Waals surface area (Å²) in [7, 11) is 1.90. The van der Waals surface area contributed by atoms with Crippen LogP contribution >= 0.6 is 0 Å². The lowest BCUT2D eigenvalue weighted by Crippen LogP contribution is -2.28. The average molecular weight is 304 g/mol. The van der Waals surface area contributed by atoms with Gasteiger partial charge in [-0.3, -0.25) is 9.48 Å². The number of carbonyl (C=O) groups excluding carboxylic acids is 1. The fraction of sp³-hybridized carbons (Fsp3) is 0.375. The minimum absolute atomic E-state index is 0.117. The van der Waals surface area contributed by atoms with Gasteiger partial charge in [-0.05, 0) is 31.5 Å². The van der Waals surface area contributed by atoms with E-state index in [0.29, 0.717) is 12.1 Å². The Morgan fingerprint density at radius 3 is 2.95 bits per heavy atom. The van der Waals surface area contributed by atoms with Crippen LogP contribution in [-0.2, 0) is 6.54 Å². The highest BCUT2D eigenvalue weighted by Crippen LogP contribution is 2.13. The van der Waals surface area contributed by atoms with Crippen molar-refractivity contribution in [2.45, 2.75) is 19.9 Å². The summed E-state index contributed by atoms with van der Waals surface area (Å²) in [5.74, 6) is -0.362.